The van der Waals surface area contributed by atoms with Gasteiger partial charge in [0.05, 0.1) is 0 Å². The van der Waals surface area contributed by atoms with Crippen molar-refractivity contribution in [2.24, 2.45) is 5.73 Å². The molecule has 1 saturated heterocycles. The first-order valence-electron chi connectivity index (χ1n) is 8.09. The van der Waals surface area contributed by atoms with Gasteiger partial charge in [0.2, 0.25) is 5.91 Å². The Bertz CT molecular complexity index is 534. The van der Waals surface area contributed by atoms with Gasteiger partial charge < -0.3 is 20.9 Å². The standard InChI is InChI=1S/C17H26N4O2/c1-13(18)3-8-16(22)19-15-6-4-14(5-7-15)17(23)21-11-9-20(2)10-12-21/h4-7,13H,3,8-12,18H2,1-2H3,(H,19,22). The number of hydrogen-bond acceptors (Lipinski definition) is 4. The normalized spacial score (nSPS) is 16.9. The lowest BCUT2D eigenvalue weighted by Crippen LogP contribution is -2.47. The highest BCUT2D eigenvalue weighted by Crippen LogP contribution is 2.13. The Kier molecular flexibility index (Phi) is 6.12. The van der Waals surface area contributed by atoms with Crippen LogP contribution < -0.4 is 11.1 Å². The van der Waals surface area contributed by atoms with Gasteiger partial charge in [0, 0.05) is 49.9 Å². The molecule has 0 saturated carbocycles. The number of nitrogens with two attached hydrogens (primary N) is 1. The molecule has 2 rings (SSSR count). The molecule has 126 valence electrons. The van der Waals surface area contributed by atoms with Crippen molar-refractivity contribution >= 4 is 17.5 Å². The first kappa shape index (κ1) is 17.4. The summed E-state index contributed by atoms with van der Waals surface area (Å²) in [6, 6.07) is 7.09. The van der Waals surface area contributed by atoms with Crippen LogP contribution in [-0.2, 0) is 4.79 Å². The fourth-order valence-electron chi connectivity index (χ4n) is 2.47. The molecule has 1 aliphatic rings. The minimum atomic E-state index is -0.0551. The second kappa shape index (κ2) is 8.08. The monoisotopic (exact) mass is 318 g/mol. The molecule has 1 fully saturated rings. The van der Waals surface area contributed by atoms with Crippen LogP contribution in [0.2, 0.25) is 0 Å². The van der Waals surface area contributed by atoms with Gasteiger partial charge in [0.25, 0.3) is 5.91 Å². The van der Waals surface area contributed by atoms with E-state index in [0.717, 1.165) is 26.2 Å². The molecule has 6 nitrogen and oxygen atoms in total. The summed E-state index contributed by atoms with van der Waals surface area (Å²) in [5.74, 6) is -0.00613. The maximum absolute atomic E-state index is 12.4. The number of amides is 2. The van der Waals surface area contributed by atoms with Crippen LogP contribution in [0.5, 0.6) is 0 Å². The number of likely N-dealkylation sites (N-methyl/N-ethyl adjacent to an activating group) is 1. The lowest BCUT2D eigenvalue weighted by Gasteiger charge is -2.32. The molecule has 1 atom stereocenters. The molecule has 1 heterocycles. The van der Waals surface area contributed by atoms with Gasteiger partial charge >= 0.3 is 0 Å². The molecule has 0 aliphatic carbocycles. The minimum absolute atomic E-state index is 0.0179. The summed E-state index contributed by atoms with van der Waals surface area (Å²) in [6.07, 6.45) is 1.06. The van der Waals surface area contributed by atoms with E-state index in [1.807, 2.05) is 11.8 Å². The van der Waals surface area contributed by atoms with Gasteiger partial charge in [-0.25, -0.2) is 0 Å². The third-order valence-electron chi connectivity index (χ3n) is 4.03. The van der Waals surface area contributed by atoms with Crippen LogP contribution in [-0.4, -0.2) is 60.9 Å². The Morgan fingerprint density at radius 1 is 1.17 bits per heavy atom. The molecule has 0 radical (unpaired) electrons. The summed E-state index contributed by atoms with van der Waals surface area (Å²) >= 11 is 0. The predicted octanol–water partition coefficient (Wildman–Crippen LogP) is 1.14. The Hall–Kier alpha value is -1.92. The molecular weight excluding hydrogens is 292 g/mol. The maximum atomic E-state index is 12.4. The van der Waals surface area contributed by atoms with Gasteiger partial charge in [-0.3, -0.25) is 9.59 Å². The molecule has 1 aromatic carbocycles. The number of rotatable bonds is 5. The number of benzene rings is 1. The van der Waals surface area contributed by atoms with E-state index in [2.05, 4.69) is 17.3 Å². The molecule has 23 heavy (non-hydrogen) atoms. The quantitative estimate of drug-likeness (QED) is 0.853. The Labute approximate surface area is 137 Å². The number of carbonyl (C=O) groups is 2. The summed E-state index contributed by atoms with van der Waals surface area (Å²) in [5.41, 5.74) is 7.00. The molecule has 1 aliphatic heterocycles. The zero-order chi connectivity index (χ0) is 16.8. The molecule has 6 heteroatoms. The zero-order valence-corrected chi connectivity index (χ0v) is 13.9. The Morgan fingerprint density at radius 2 is 1.78 bits per heavy atom. The van der Waals surface area contributed by atoms with Crippen molar-refractivity contribution in [1.29, 1.82) is 0 Å². The average Bonchev–Trinajstić information content (AvgIpc) is 2.54. The van der Waals surface area contributed by atoms with Crippen molar-refractivity contribution in [3.8, 4) is 0 Å². The van der Waals surface area contributed by atoms with Gasteiger partial charge in [0.1, 0.15) is 0 Å². The van der Waals surface area contributed by atoms with Gasteiger partial charge in [-0.05, 0) is 44.7 Å². The fraction of sp³-hybridized carbons (Fsp3) is 0.529. The number of carbonyl (C=O) groups excluding carboxylic acids is 2. The van der Waals surface area contributed by atoms with Crippen LogP contribution >= 0.6 is 0 Å². The van der Waals surface area contributed by atoms with Crippen molar-refractivity contribution in [2.45, 2.75) is 25.8 Å². The van der Waals surface area contributed by atoms with E-state index in [9.17, 15) is 9.59 Å². The van der Waals surface area contributed by atoms with E-state index in [1.54, 1.807) is 24.3 Å². The van der Waals surface area contributed by atoms with E-state index >= 15 is 0 Å². The van der Waals surface area contributed by atoms with Gasteiger partial charge in [-0.15, -0.1) is 0 Å². The second-order valence-electron chi connectivity index (χ2n) is 6.24. The van der Waals surface area contributed by atoms with Gasteiger partial charge in [-0.1, -0.05) is 0 Å². The van der Waals surface area contributed by atoms with Crippen LogP contribution in [0.1, 0.15) is 30.1 Å². The van der Waals surface area contributed by atoms with E-state index in [4.69, 9.17) is 5.73 Å². The molecule has 1 unspecified atom stereocenters. The third kappa shape index (κ3) is 5.33. The maximum Gasteiger partial charge on any atom is 0.253 e. The summed E-state index contributed by atoms with van der Waals surface area (Å²) in [7, 11) is 2.06. The Balaban J connectivity index is 1.88. The van der Waals surface area contributed by atoms with Gasteiger partial charge in [-0.2, -0.15) is 0 Å². The van der Waals surface area contributed by atoms with E-state index in [-0.39, 0.29) is 17.9 Å². The van der Waals surface area contributed by atoms with Crippen molar-refractivity contribution in [3.05, 3.63) is 29.8 Å². The van der Waals surface area contributed by atoms with Gasteiger partial charge in [0.15, 0.2) is 0 Å². The molecule has 2 amide bonds. The smallest absolute Gasteiger partial charge is 0.253 e. The number of nitrogens with zero attached hydrogens (tertiary/aromatic N) is 2. The zero-order valence-electron chi connectivity index (χ0n) is 13.9. The first-order valence-corrected chi connectivity index (χ1v) is 8.09. The second-order valence-corrected chi connectivity index (χ2v) is 6.24. The van der Waals surface area contributed by atoms with Crippen molar-refractivity contribution in [1.82, 2.24) is 9.80 Å². The summed E-state index contributed by atoms with van der Waals surface area (Å²) < 4.78 is 0. The number of anilines is 1. The molecule has 1 aromatic rings. The highest BCUT2D eigenvalue weighted by molar-refractivity contribution is 5.95. The molecular formula is C17H26N4O2. The Morgan fingerprint density at radius 3 is 2.35 bits per heavy atom. The topological polar surface area (TPSA) is 78.7 Å². The highest BCUT2D eigenvalue weighted by atomic mass is 16.2. The first-order chi connectivity index (χ1) is 11.0. The van der Waals surface area contributed by atoms with E-state index in [0.29, 0.717) is 24.1 Å². The van der Waals surface area contributed by atoms with Crippen LogP contribution in [0.15, 0.2) is 24.3 Å². The lowest BCUT2D eigenvalue weighted by molar-refractivity contribution is -0.116. The molecule has 0 spiro atoms. The molecule has 3 N–H and O–H groups in total. The molecule has 0 bridgehead atoms. The molecule has 0 aromatic heterocycles. The van der Waals surface area contributed by atoms with Crippen LogP contribution in [0, 0.1) is 0 Å². The van der Waals surface area contributed by atoms with Crippen LogP contribution in [0.3, 0.4) is 0 Å². The third-order valence-corrected chi connectivity index (χ3v) is 4.03. The fourth-order valence-corrected chi connectivity index (χ4v) is 2.47. The largest absolute Gasteiger partial charge is 0.336 e. The SMILES string of the molecule is CC(N)CCC(=O)Nc1ccc(C(=O)N2CCN(C)CC2)cc1. The van der Waals surface area contributed by atoms with E-state index < -0.39 is 0 Å². The number of piperazine rings is 1. The number of nitrogens with one attached hydrogen (secondary N) is 1. The van der Waals surface area contributed by atoms with Crippen molar-refractivity contribution < 1.29 is 9.59 Å². The van der Waals surface area contributed by atoms with Crippen LogP contribution in [0.4, 0.5) is 5.69 Å². The van der Waals surface area contributed by atoms with Crippen molar-refractivity contribution in [2.75, 3.05) is 38.5 Å². The summed E-state index contributed by atoms with van der Waals surface area (Å²) in [4.78, 5) is 28.3. The lowest BCUT2D eigenvalue weighted by atomic mass is 10.1. The highest BCUT2D eigenvalue weighted by Gasteiger charge is 2.20. The minimum Gasteiger partial charge on any atom is -0.336 e. The summed E-state index contributed by atoms with van der Waals surface area (Å²) in [6.45, 7) is 5.20. The summed E-state index contributed by atoms with van der Waals surface area (Å²) in [5, 5.41) is 2.82. The number of hydrogen-bond donors (Lipinski definition) is 2. The predicted molar refractivity (Wildman–Crippen MR) is 91.4 cm³/mol. The van der Waals surface area contributed by atoms with Crippen molar-refractivity contribution in [3.63, 3.8) is 0 Å². The van der Waals surface area contributed by atoms with E-state index in [1.165, 1.54) is 0 Å². The average molecular weight is 318 g/mol. The van der Waals surface area contributed by atoms with Crippen LogP contribution in [0.25, 0.3) is 0 Å².